The monoisotopic (exact) mass is 492 g/mol. The van der Waals surface area contributed by atoms with Gasteiger partial charge in [0.25, 0.3) is 6.01 Å². The largest absolute Gasteiger partial charge is 0.456 e. The number of imidazole rings is 1. The maximum absolute atomic E-state index is 14.4. The molecule has 4 atom stereocenters. The lowest BCUT2D eigenvalue weighted by atomic mass is 10.0. The van der Waals surface area contributed by atoms with Crippen molar-refractivity contribution in [2.75, 3.05) is 13.2 Å². The van der Waals surface area contributed by atoms with E-state index < -0.39 is 24.1 Å². The first-order valence-electron chi connectivity index (χ1n) is 10.9. The zero-order valence-corrected chi connectivity index (χ0v) is 18.9. The molecule has 8 nitrogen and oxygen atoms in total. The van der Waals surface area contributed by atoms with Crippen molar-refractivity contribution in [1.82, 2.24) is 15.0 Å². The number of aromatic nitrogens is 3. The van der Waals surface area contributed by atoms with Crippen LogP contribution < -0.4 is 4.74 Å². The molecule has 0 bridgehead atoms. The molecule has 10 heteroatoms. The summed E-state index contributed by atoms with van der Waals surface area (Å²) < 4.78 is 31.5. The van der Waals surface area contributed by atoms with Gasteiger partial charge >= 0.3 is 0 Å². The fourth-order valence-corrected chi connectivity index (χ4v) is 4.73. The third kappa shape index (κ3) is 3.90. The first-order valence-corrected chi connectivity index (χ1v) is 11.3. The molecular formula is C25H18ClFN4O4. The highest BCUT2D eigenvalue weighted by atomic mass is 35.5. The molecule has 35 heavy (non-hydrogen) atoms. The Balaban J connectivity index is 1.25. The average Bonchev–Trinajstić information content (AvgIpc) is 3.55. The summed E-state index contributed by atoms with van der Waals surface area (Å²) >= 11 is 6.51. The van der Waals surface area contributed by atoms with E-state index in [0.29, 0.717) is 33.0 Å². The van der Waals surface area contributed by atoms with Crippen molar-refractivity contribution in [3.63, 3.8) is 0 Å². The number of nitriles is 1. The predicted molar refractivity (Wildman–Crippen MR) is 124 cm³/mol. The molecule has 2 aromatic carbocycles. The number of hydrogen-bond donors (Lipinski definition) is 2. The van der Waals surface area contributed by atoms with Crippen molar-refractivity contribution < 1.29 is 23.7 Å². The van der Waals surface area contributed by atoms with E-state index in [-0.39, 0.29) is 30.9 Å². The minimum atomic E-state index is -0.660. The lowest BCUT2D eigenvalue weighted by Crippen LogP contribution is -2.34. The molecule has 0 amide bonds. The van der Waals surface area contributed by atoms with Gasteiger partial charge in [0.05, 0.1) is 41.1 Å². The van der Waals surface area contributed by atoms with Crippen LogP contribution in [0.4, 0.5) is 4.39 Å². The number of ether oxygens (including phenoxy) is 3. The van der Waals surface area contributed by atoms with Crippen LogP contribution in [0, 0.1) is 17.1 Å². The van der Waals surface area contributed by atoms with Crippen LogP contribution in [0.25, 0.3) is 33.5 Å². The standard InChI is InChI=1S/C25H18ClFN4O4/c26-16-8-18-24(31-25(29-18)35-20-11-34-22-19(32)10-33-23(20)22)30-21(16)14-4-2-13(3-5-14)15-6-1-12(9-28)7-17(15)27/h1-8,19-20,22-23,32H,10-11H2,(H,29,30,31)/t19-,20-,22-,23-/m1/s1. The summed E-state index contributed by atoms with van der Waals surface area (Å²) in [5.41, 5.74) is 3.62. The Morgan fingerprint density at radius 1 is 1.06 bits per heavy atom. The van der Waals surface area contributed by atoms with Crippen molar-refractivity contribution in [1.29, 1.82) is 5.26 Å². The fourth-order valence-electron chi connectivity index (χ4n) is 4.47. The summed E-state index contributed by atoms with van der Waals surface area (Å²) in [6.07, 6.45) is -1.82. The molecule has 6 rings (SSSR count). The smallest absolute Gasteiger partial charge is 0.296 e. The lowest BCUT2D eigenvalue weighted by molar-refractivity contribution is 0.00706. The summed E-state index contributed by atoms with van der Waals surface area (Å²) in [5, 5.41) is 19.2. The van der Waals surface area contributed by atoms with Crippen LogP contribution in [0.2, 0.25) is 5.02 Å². The molecule has 2 fully saturated rings. The molecule has 2 saturated heterocycles. The van der Waals surface area contributed by atoms with Crippen LogP contribution in [-0.4, -0.2) is 57.7 Å². The molecule has 2 aliphatic rings. The number of hydrogen-bond acceptors (Lipinski definition) is 7. The van der Waals surface area contributed by atoms with E-state index in [1.165, 1.54) is 6.07 Å². The second kappa shape index (κ2) is 8.59. The molecule has 4 heterocycles. The highest BCUT2D eigenvalue weighted by Crippen LogP contribution is 2.33. The Bertz CT molecular complexity index is 1470. The zero-order chi connectivity index (χ0) is 24.1. The lowest BCUT2D eigenvalue weighted by Gasteiger charge is -2.15. The molecular weight excluding hydrogens is 475 g/mol. The predicted octanol–water partition coefficient (Wildman–Crippen LogP) is 3.86. The maximum Gasteiger partial charge on any atom is 0.296 e. The summed E-state index contributed by atoms with van der Waals surface area (Å²) in [7, 11) is 0. The fraction of sp³-hybridized carbons (Fsp3) is 0.240. The number of nitrogens with zero attached hydrogens (tertiary/aromatic N) is 3. The van der Waals surface area contributed by atoms with Gasteiger partial charge in [-0.05, 0) is 23.8 Å². The molecule has 2 N–H and O–H groups in total. The third-order valence-electron chi connectivity index (χ3n) is 6.22. The van der Waals surface area contributed by atoms with Crippen LogP contribution in [0.3, 0.4) is 0 Å². The molecule has 0 saturated carbocycles. The van der Waals surface area contributed by atoms with Crippen LogP contribution in [-0.2, 0) is 9.47 Å². The van der Waals surface area contributed by atoms with Gasteiger partial charge in [0.15, 0.2) is 11.8 Å². The Morgan fingerprint density at radius 2 is 1.83 bits per heavy atom. The Kier molecular flexibility index (Phi) is 5.39. The van der Waals surface area contributed by atoms with Gasteiger partial charge in [-0.1, -0.05) is 41.9 Å². The van der Waals surface area contributed by atoms with Gasteiger partial charge in [0.2, 0.25) is 0 Å². The van der Waals surface area contributed by atoms with Gasteiger partial charge < -0.3 is 24.3 Å². The van der Waals surface area contributed by atoms with E-state index in [0.717, 1.165) is 5.56 Å². The van der Waals surface area contributed by atoms with Crippen LogP contribution >= 0.6 is 11.6 Å². The first kappa shape index (κ1) is 21.9. The quantitative estimate of drug-likeness (QED) is 0.444. The van der Waals surface area contributed by atoms with E-state index in [2.05, 4.69) is 15.0 Å². The number of rotatable bonds is 4. The minimum absolute atomic E-state index is 0.215. The third-order valence-corrected chi connectivity index (χ3v) is 6.51. The van der Waals surface area contributed by atoms with Crippen LogP contribution in [0.5, 0.6) is 6.01 Å². The SMILES string of the molecule is N#Cc1ccc(-c2ccc(-c3nc4nc(O[C@@H]5CO[C@H]6[C@@H]5OC[C@H]6O)[nH]c4cc3Cl)cc2)c(F)c1. The van der Waals surface area contributed by atoms with E-state index in [1.54, 1.807) is 42.5 Å². The van der Waals surface area contributed by atoms with Gasteiger partial charge in [-0.25, -0.2) is 9.37 Å². The summed E-state index contributed by atoms with van der Waals surface area (Å²) in [6.45, 7) is 0.501. The zero-order valence-electron chi connectivity index (χ0n) is 18.1. The number of aliphatic hydroxyl groups excluding tert-OH is 1. The number of fused-ring (bicyclic) bond motifs is 2. The van der Waals surface area contributed by atoms with Crippen molar-refractivity contribution in [2.24, 2.45) is 0 Å². The molecule has 0 radical (unpaired) electrons. The Hall–Kier alpha value is -3.55. The number of aromatic amines is 1. The van der Waals surface area contributed by atoms with E-state index in [9.17, 15) is 9.50 Å². The topological polar surface area (TPSA) is 113 Å². The number of aliphatic hydroxyl groups is 1. The van der Waals surface area contributed by atoms with Crippen LogP contribution in [0.15, 0.2) is 48.5 Å². The maximum atomic E-state index is 14.4. The Morgan fingerprint density at radius 3 is 2.60 bits per heavy atom. The van der Waals surface area contributed by atoms with Crippen molar-refractivity contribution in [3.8, 4) is 34.5 Å². The summed E-state index contributed by atoms with van der Waals surface area (Å²) in [5.74, 6) is -0.463. The van der Waals surface area contributed by atoms with E-state index in [4.69, 9.17) is 31.1 Å². The average molecular weight is 493 g/mol. The Labute approximate surface area is 203 Å². The van der Waals surface area contributed by atoms with Crippen molar-refractivity contribution in [3.05, 3.63) is 64.9 Å². The number of benzene rings is 2. The number of pyridine rings is 1. The van der Waals surface area contributed by atoms with Crippen LogP contribution in [0.1, 0.15) is 5.56 Å². The van der Waals surface area contributed by atoms with Gasteiger partial charge in [-0.15, -0.1) is 0 Å². The number of H-pyrrole nitrogens is 1. The van der Waals surface area contributed by atoms with Crippen molar-refractivity contribution in [2.45, 2.75) is 24.4 Å². The molecule has 4 aromatic rings. The minimum Gasteiger partial charge on any atom is -0.456 e. The van der Waals surface area contributed by atoms with Gasteiger partial charge in [0.1, 0.15) is 24.1 Å². The molecule has 0 unspecified atom stereocenters. The molecule has 0 aliphatic carbocycles. The molecule has 2 aliphatic heterocycles. The second-order valence-corrected chi connectivity index (χ2v) is 8.84. The first-order chi connectivity index (χ1) is 17.0. The van der Waals surface area contributed by atoms with Gasteiger partial charge in [-0.2, -0.15) is 10.2 Å². The highest BCUT2D eigenvalue weighted by molar-refractivity contribution is 6.33. The molecule has 0 spiro atoms. The van der Waals surface area contributed by atoms with Gasteiger partial charge in [0, 0.05) is 11.1 Å². The van der Waals surface area contributed by atoms with Crippen molar-refractivity contribution >= 4 is 22.8 Å². The normalized spacial score (nSPS) is 23.4. The summed E-state index contributed by atoms with van der Waals surface area (Å²) in [4.78, 5) is 12.1. The number of nitrogens with one attached hydrogen (secondary N) is 1. The van der Waals surface area contributed by atoms with Gasteiger partial charge in [-0.3, -0.25) is 0 Å². The highest BCUT2D eigenvalue weighted by Gasteiger charge is 2.48. The molecule has 2 aromatic heterocycles. The van der Waals surface area contributed by atoms with E-state index >= 15 is 0 Å². The molecule has 176 valence electrons. The number of halogens is 2. The summed E-state index contributed by atoms with van der Waals surface area (Å²) in [6, 6.07) is 15.4. The second-order valence-electron chi connectivity index (χ2n) is 8.44. The van der Waals surface area contributed by atoms with E-state index in [1.807, 2.05) is 6.07 Å².